The molecule has 0 radical (unpaired) electrons. The van der Waals surface area contributed by atoms with Crippen LogP contribution in [0.2, 0.25) is 5.02 Å². The molecule has 0 saturated carbocycles. The molecular formula is C25H29ClN6O2. The van der Waals surface area contributed by atoms with E-state index in [1.165, 1.54) is 0 Å². The maximum absolute atomic E-state index is 12.4. The number of nitrogens with zero attached hydrogens (tertiary/aromatic N) is 3. The molecule has 0 unspecified atom stereocenters. The number of fused-ring (bicyclic) bond motifs is 2. The number of hydrazine groups is 1. The van der Waals surface area contributed by atoms with E-state index in [2.05, 4.69) is 45.0 Å². The molecule has 1 amide bonds. The summed E-state index contributed by atoms with van der Waals surface area (Å²) in [6.45, 7) is 10.4. The van der Waals surface area contributed by atoms with Crippen molar-refractivity contribution >= 4 is 40.0 Å². The third-order valence-electron chi connectivity index (χ3n) is 6.17. The van der Waals surface area contributed by atoms with E-state index in [1.54, 1.807) is 4.90 Å². The third-order valence-corrected chi connectivity index (χ3v) is 6.49. The van der Waals surface area contributed by atoms with Crippen molar-refractivity contribution in [1.29, 1.82) is 0 Å². The monoisotopic (exact) mass is 480 g/mol. The molecule has 3 heterocycles. The molecule has 1 saturated heterocycles. The van der Waals surface area contributed by atoms with Crippen molar-refractivity contribution < 1.29 is 9.53 Å². The van der Waals surface area contributed by atoms with Crippen LogP contribution < -0.4 is 10.9 Å². The number of carbonyl (C=O) groups is 1. The first-order valence-corrected chi connectivity index (χ1v) is 11.8. The maximum atomic E-state index is 12.4. The van der Waals surface area contributed by atoms with E-state index in [0.717, 1.165) is 44.5 Å². The molecule has 1 aromatic heterocycles. The number of nitrogens with one attached hydrogen (secondary N) is 3. The van der Waals surface area contributed by atoms with Gasteiger partial charge in [0.2, 0.25) is 0 Å². The number of aromatic nitrogens is 2. The number of carbonyl (C=O) groups excluding carboxylic acids is 1. The number of ether oxygens (including phenoxy) is 1. The third kappa shape index (κ3) is 4.14. The molecular weight excluding hydrogens is 452 g/mol. The van der Waals surface area contributed by atoms with Gasteiger partial charge in [0, 0.05) is 53.9 Å². The van der Waals surface area contributed by atoms with Crippen molar-refractivity contribution in [3.8, 4) is 11.1 Å². The van der Waals surface area contributed by atoms with Crippen molar-refractivity contribution in [3.63, 3.8) is 0 Å². The molecule has 0 aliphatic carbocycles. The molecule has 2 aliphatic rings. The molecule has 1 fully saturated rings. The Kier molecular flexibility index (Phi) is 5.56. The number of halogens is 1. The van der Waals surface area contributed by atoms with Crippen molar-refractivity contribution in [2.75, 3.05) is 31.6 Å². The van der Waals surface area contributed by atoms with Gasteiger partial charge in [-0.15, -0.1) is 0 Å². The zero-order valence-corrected chi connectivity index (χ0v) is 20.6. The lowest BCUT2D eigenvalue weighted by molar-refractivity contribution is 0.0182. The molecule has 9 heteroatoms. The van der Waals surface area contributed by atoms with Crippen LogP contribution in [0.25, 0.3) is 27.7 Å². The number of rotatable bonds is 2. The number of hydrogen-bond donors (Lipinski definition) is 3. The first-order valence-electron chi connectivity index (χ1n) is 11.4. The topological polar surface area (TPSA) is 85.5 Å². The number of H-pyrrole nitrogens is 1. The zero-order valence-electron chi connectivity index (χ0n) is 19.8. The first kappa shape index (κ1) is 22.4. The molecule has 5 rings (SSSR count). The van der Waals surface area contributed by atoms with E-state index in [9.17, 15) is 4.79 Å². The molecule has 34 heavy (non-hydrogen) atoms. The van der Waals surface area contributed by atoms with E-state index in [-0.39, 0.29) is 6.09 Å². The molecule has 8 nitrogen and oxygen atoms in total. The predicted octanol–water partition coefficient (Wildman–Crippen LogP) is 4.97. The Morgan fingerprint density at radius 3 is 2.62 bits per heavy atom. The van der Waals surface area contributed by atoms with Crippen molar-refractivity contribution in [3.05, 3.63) is 52.8 Å². The second kappa shape index (κ2) is 8.43. The summed E-state index contributed by atoms with van der Waals surface area (Å²) in [6.07, 6.45) is 3.53. The Morgan fingerprint density at radius 2 is 1.88 bits per heavy atom. The fraction of sp³-hybridized carbons (Fsp3) is 0.360. The number of anilines is 1. The summed E-state index contributed by atoms with van der Waals surface area (Å²) in [5, 5.41) is 8.97. The van der Waals surface area contributed by atoms with Crippen LogP contribution in [0.15, 0.2) is 36.7 Å². The Labute approximate surface area is 203 Å². The number of aromatic amines is 1. The van der Waals surface area contributed by atoms with Gasteiger partial charge in [0.05, 0.1) is 23.1 Å². The second-order valence-corrected chi connectivity index (χ2v) is 10.1. The molecule has 3 N–H and O–H groups in total. The fourth-order valence-corrected chi connectivity index (χ4v) is 4.80. The van der Waals surface area contributed by atoms with Crippen LogP contribution >= 0.6 is 11.6 Å². The van der Waals surface area contributed by atoms with Gasteiger partial charge in [-0.3, -0.25) is 5.10 Å². The Bertz CT molecular complexity index is 1280. The van der Waals surface area contributed by atoms with E-state index < -0.39 is 5.60 Å². The predicted molar refractivity (Wildman–Crippen MR) is 135 cm³/mol. The highest BCUT2D eigenvalue weighted by atomic mass is 35.5. The van der Waals surface area contributed by atoms with Gasteiger partial charge in [-0.2, -0.15) is 5.10 Å². The van der Waals surface area contributed by atoms with Gasteiger partial charge in [-0.1, -0.05) is 17.7 Å². The summed E-state index contributed by atoms with van der Waals surface area (Å²) >= 11 is 6.87. The summed E-state index contributed by atoms with van der Waals surface area (Å²) in [6, 6.07) is 8.21. The fourth-order valence-electron chi connectivity index (χ4n) is 4.54. The minimum atomic E-state index is -0.498. The van der Waals surface area contributed by atoms with E-state index in [0.29, 0.717) is 31.2 Å². The van der Waals surface area contributed by atoms with E-state index >= 15 is 0 Å². The van der Waals surface area contributed by atoms with Crippen LogP contribution in [0.5, 0.6) is 0 Å². The van der Waals surface area contributed by atoms with Gasteiger partial charge in [0.15, 0.2) is 0 Å². The summed E-state index contributed by atoms with van der Waals surface area (Å²) in [4.78, 5) is 16.5. The van der Waals surface area contributed by atoms with Crippen LogP contribution in [-0.2, 0) is 4.74 Å². The number of piperazine rings is 1. The Hall–Kier alpha value is -3.39. The Balaban J connectivity index is 1.41. The van der Waals surface area contributed by atoms with Gasteiger partial charge >= 0.3 is 6.09 Å². The molecule has 2 aliphatic heterocycles. The van der Waals surface area contributed by atoms with Crippen LogP contribution in [-0.4, -0.2) is 57.9 Å². The number of aryl methyl sites for hydroxylation is 1. The van der Waals surface area contributed by atoms with Gasteiger partial charge in [-0.05, 0) is 57.0 Å². The van der Waals surface area contributed by atoms with E-state index in [1.807, 2.05) is 45.3 Å². The largest absolute Gasteiger partial charge is 0.444 e. The van der Waals surface area contributed by atoms with Gasteiger partial charge in [-0.25, -0.2) is 4.79 Å². The molecule has 0 bridgehead atoms. The quantitative estimate of drug-likeness (QED) is 0.480. The van der Waals surface area contributed by atoms with Crippen molar-refractivity contribution in [2.45, 2.75) is 33.3 Å². The minimum absolute atomic E-state index is 0.263. The number of benzene rings is 2. The maximum Gasteiger partial charge on any atom is 0.410 e. The lowest BCUT2D eigenvalue weighted by atomic mass is 9.94. The average Bonchev–Trinajstić information content (AvgIpc) is 3.26. The van der Waals surface area contributed by atoms with Crippen LogP contribution in [0.4, 0.5) is 10.5 Å². The molecule has 2 aromatic carbocycles. The van der Waals surface area contributed by atoms with Gasteiger partial charge < -0.3 is 25.4 Å². The highest BCUT2D eigenvalue weighted by Gasteiger charge is 2.29. The minimum Gasteiger partial charge on any atom is -0.444 e. The highest BCUT2D eigenvalue weighted by molar-refractivity contribution is 6.34. The molecule has 3 aromatic rings. The zero-order chi connectivity index (χ0) is 24.0. The smallest absolute Gasteiger partial charge is 0.410 e. The molecule has 0 atom stereocenters. The summed E-state index contributed by atoms with van der Waals surface area (Å²) in [5.74, 6) is 0. The lowest BCUT2D eigenvalue weighted by Gasteiger charge is -2.39. The summed E-state index contributed by atoms with van der Waals surface area (Å²) < 4.78 is 5.53. The molecule has 0 spiro atoms. The average molecular weight is 481 g/mol. The SMILES string of the molecule is Cc1ccc2[nH]ncc2c1-c1cc2c(cc1Cl)C(N1CCN(C(=O)OC(C)(C)C)CC1)=CNN2. The Morgan fingerprint density at radius 1 is 1.12 bits per heavy atom. The second-order valence-electron chi connectivity index (χ2n) is 9.72. The standard InChI is InChI=1S/C25H29ClN6O2/c1-15-5-6-20-18(13-27-29-20)23(15)16-12-21-17(11-19(16)26)22(14-28-30-21)31-7-9-32(10-8-31)24(33)34-25(2,3)4/h5-6,11-14,28,30H,7-10H2,1-4H3,(H,27,29). The number of amides is 1. The van der Waals surface area contributed by atoms with Gasteiger partial charge in [0.25, 0.3) is 0 Å². The van der Waals surface area contributed by atoms with Crippen LogP contribution in [0, 0.1) is 6.92 Å². The highest BCUT2D eigenvalue weighted by Crippen LogP contribution is 2.41. The van der Waals surface area contributed by atoms with E-state index in [4.69, 9.17) is 16.3 Å². The summed E-state index contributed by atoms with van der Waals surface area (Å²) in [7, 11) is 0. The van der Waals surface area contributed by atoms with Crippen LogP contribution in [0.1, 0.15) is 31.9 Å². The van der Waals surface area contributed by atoms with Gasteiger partial charge in [0.1, 0.15) is 5.60 Å². The first-order chi connectivity index (χ1) is 16.2. The van der Waals surface area contributed by atoms with Crippen LogP contribution in [0.3, 0.4) is 0 Å². The number of hydrogen-bond acceptors (Lipinski definition) is 6. The lowest BCUT2D eigenvalue weighted by Crippen LogP contribution is -2.49. The molecule has 178 valence electrons. The normalized spacial score (nSPS) is 16.0. The summed E-state index contributed by atoms with van der Waals surface area (Å²) in [5.41, 5.74) is 13.1. The van der Waals surface area contributed by atoms with Crippen molar-refractivity contribution in [2.24, 2.45) is 0 Å². The van der Waals surface area contributed by atoms with Crippen molar-refractivity contribution in [1.82, 2.24) is 25.4 Å².